The number of hydrogen-bond acceptors (Lipinski definition) is 3. The fourth-order valence-corrected chi connectivity index (χ4v) is 1.39. The summed E-state index contributed by atoms with van der Waals surface area (Å²) in [6.07, 6.45) is 0.384. The molecule has 1 aromatic carbocycles. The van der Waals surface area contributed by atoms with Crippen LogP contribution in [0.1, 0.15) is 37.6 Å². The number of ketones is 1. The molecule has 2 N–H and O–H groups in total. The summed E-state index contributed by atoms with van der Waals surface area (Å²) in [7, 11) is 0. The number of Topliss-reactive ketones (excluding diaryl/α,β-unsaturated/α-hetero) is 1. The quantitative estimate of drug-likeness (QED) is 0.608. The molecule has 1 atom stereocenters. The average molecular weight is 222 g/mol. The van der Waals surface area contributed by atoms with E-state index in [0.717, 1.165) is 0 Å². The van der Waals surface area contributed by atoms with Crippen molar-refractivity contribution >= 4 is 5.78 Å². The van der Waals surface area contributed by atoms with Crippen molar-refractivity contribution in [3.8, 4) is 11.5 Å². The SMILES string of the molecule is CC(C)C(C)CC(=O)c1cc(O)ccc1O. The molecule has 0 aliphatic carbocycles. The molecule has 0 radical (unpaired) electrons. The lowest BCUT2D eigenvalue weighted by Gasteiger charge is -2.14. The molecule has 0 bridgehead atoms. The van der Waals surface area contributed by atoms with Crippen LogP contribution in [0.4, 0.5) is 0 Å². The molecule has 0 aliphatic rings. The minimum atomic E-state index is -0.130. The minimum Gasteiger partial charge on any atom is -0.508 e. The predicted octanol–water partition coefficient (Wildman–Crippen LogP) is 2.96. The molecule has 0 aliphatic heterocycles. The molecule has 0 saturated carbocycles. The Hall–Kier alpha value is -1.51. The second kappa shape index (κ2) is 5.01. The fourth-order valence-electron chi connectivity index (χ4n) is 1.39. The monoisotopic (exact) mass is 222 g/mol. The van der Waals surface area contributed by atoms with Gasteiger partial charge in [-0.25, -0.2) is 0 Å². The Balaban J connectivity index is 2.84. The normalized spacial score (nSPS) is 12.8. The van der Waals surface area contributed by atoms with Crippen molar-refractivity contribution in [2.75, 3.05) is 0 Å². The van der Waals surface area contributed by atoms with Crippen LogP contribution in [0.5, 0.6) is 11.5 Å². The molecular formula is C13H18O3. The van der Waals surface area contributed by atoms with Gasteiger partial charge >= 0.3 is 0 Å². The summed E-state index contributed by atoms with van der Waals surface area (Å²) in [6, 6.07) is 4.01. The van der Waals surface area contributed by atoms with Gasteiger partial charge in [0, 0.05) is 6.42 Å². The van der Waals surface area contributed by atoms with E-state index in [2.05, 4.69) is 13.8 Å². The smallest absolute Gasteiger partial charge is 0.167 e. The van der Waals surface area contributed by atoms with Gasteiger partial charge in [-0.3, -0.25) is 4.79 Å². The highest BCUT2D eigenvalue weighted by molar-refractivity contribution is 5.99. The largest absolute Gasteiger partial charge is 0.508 e. The minimum absolute atomic E-state index is 0.00153. The highest BCUT2D eigenvalue weighted by atomic mass is 16.3. The molecule has 0 heterocycles. The molecule has 88 valence electrons. The van der Waals surface area contributed by atoms with Gasteiger partial charge in [0.05, 0.1) is 5.56 Å². The maximum atomic E-state index is 11.9. The van der Waals surface area contributed by atoms with Crippen molar-refractivity contribution in [3.63, 3.8) is 0 Å². The van der Waals surface area contributed by atoms with Gasteiger partial charge in [-0.05, 0) is 30.0 Å². The van der Waals surface area contributed by atoms with Crippen LogP contribution in [-0.2, 0) is 0 Å². The number of benzene rings is 1. The highest BCUT2D eigenvalue weighted by Crippen LogP contribution is 2.25. The van der Waals surface area contributed by atoms with Gasteiger partial charge < -0.3 is 10.2 Å². The maximum absolute atomic E-state index is 11.9. The molecule has 0 amide bonds. The van der Waals surface area contributed by atoms with Crippen LogP contribution < -0.4 is 0 Å². The second-order valence-corrected chi connectivity index (χ2v) is 4.55. The highest BCUT2D eigenvalue weighted by Gasteiger charge is 2.17. The lowest BCUT2D eigenvalue weighted by atomic mass is 9.90. The van der Waals surface area contributed by atoms with E-state index < -0.39 is 0 Å². The average Bonchev–Trinajstić information content (AvgIpc) is 2.21. The standard InChI is InChI=1S/C13H18O3/c1-8(2)9(3)6-13(16)11-7-10(14)4-5-12(11)15/h4-5,7-9,14-15H,6H2,1-3H3. The van der Waals surface area contributed by atoms with E-state index in [9.17, 15) is 15.0 Å². The van der Waals surface area contributed by atoms with Crippen LogP contribution in [0, 0.1) is 11.8 Å². The van der Waals surface area contributed by atoms with Crippen LogP contribution in [0.25, 0.3) is 0 Å². The molecule has 16 heavy (non-hydrogen) atoms. The van der Waals surface area contributed by atoms with Crippen molar-refractivity contribution < 1.29 is 15.0 Å². The molecule has 1 aromatic rings. The van der Waals surface area contributed by atoms with E-state index >= 15 is 0 Å². The maximum Gasteiger partial charge on any atom is 0.167 e. The third-order valence-corrected chi connectivity index (χ3v) is 2.93. The Bertz CT molecular complexity index is 383. The number of carbonyl (C=O) groups is 1. The molecular weight excluding hydrogens is 204 g/mol. The van der Waals surface area contributed by atoms with Gasteiger partial charge in [-0.2, -0.15) is 0 Å². The lowest BCUT2D eigenvalue weighted by molar-refractivity contribution is 0.0950. The third kappa shape index (κ3) is 2.99. The topological polar surface area (TPSA) is 57.5 Å². The number of phenolic OH excluding ortho intramolecular Hbond substituents is 2. The Morgan fingerprint density at radius 1 is 1.25 bits per heavy atom. The number of hydrogen-bond donors (Lipinski definition) is 2. The van der Waals surface area contributed by atoms with Crippen LogP contribution in [-0.4, -0.2) is 16.0 Å². The van der Waals surface area contributed by atoms with Crippen molar-refractivity contribution in [3.05, 3.63) is 23.8 Å². The number of rotatable bonds is 4. The second-order valence-electron chi connectivity index (χ2n) is 4.55. The summed E-state index contributed by atoms with van der Waals surface area (Å²) in [5, 5.41) is 18.8. The van der Waals surface area contributed by atoms with E-state index in [4.69, 9.17) is 0 Å². The van der Waals surface area contributed by atoms with E-state index in [-0.39, 0.29) is 28.8 Å². The summed E-state index contributed by atoms with van der Waals surface area (Å²) in [6.45, 7) is 6.11. The molecule has 0 spiro atoms. The van der Waals surface area contributed by atoms with Gasteiger partial charge in [0.15, 0.2) is 5.78 Å². The molecule has 0 fully saturated rings. The third-order valence-electron chi connectivity index (χ3n) is 2.93. The van der Waals surface area contributed by atoms with Crippen LogP contribution >= 0.6 is 0 Å². The molecule has 3 nitrogen and oxygen atoms in total. The first-order valence-corrected chi connectivity index (χ1v) is 5.47. The van der Waals surface area contributed by atoms with Gasteiger partial charge in [0.25, 0.3) is 0 Å². The lowest BCUT2D eigenvalue weighted by Crippen LogP contribution is -2.11. The molecule has 3 heteroatoms. The fraction of sp³-hybridized carbons (Fsp3) is 0.462. The summed E-state index contributed by atoms with van der Waals surface area (Å²) in [5.74, 6) is 0.476. The summed E-state index contributed by atoms with van der Waals surface area (Å²) in [4.78, 5) is 11.9. The van der Waals surface area contributed by atoms with E-state index in [1.54, 1.807) is 0 Å². The summed E-state index contributed by atoms with van der Waals surface area (Å²) in [5.41, 5.74) is 0.201. The van der Waals surface area contributed by atoms with Gasteiger partial charge in [0.1, 0.15) is 11.5 Å². The Morgan fingerprint density at radius 3 is 2.44 bits per heavy atom. The molecule has 0 aromatic heterocycles. The number of carbonyl (C=O) groups excluding carboxylic acids is 1. The van der Waals surface area contributed by atoms with E-state index in [1.165, 1.54) is 18.2 Å². The van der Waals surface area contributed by atoms with Crippen molar-refractivity contribution in [1.82, 2.24) is 0 Å². The van der Waals surface area contributed by atoms with Gasteiger partial charge in [-0.15, -0.1) is 0 Å². The van der Waals surface area contributed by atoms with Crippen molar-refractivity contribution in [2.45, 2.75) is 27.2 Å². The summed E-state index contributed by atoms with van der Waals surface area (Å²) < 4.78 is 0. The van der Waals surface area contributed by atoms with Crippen LogP contribution in [0.2, 0.25) is 0 Å². The molecule has 1 unspecified atom stereocenters. The Labute approximate surface area is 95.7 Å². The van der Waals surface area contributed by atoms with E-state index in [0.29, 0.717) is 12.3 Å². The zero-order valence-electron chi connectivity index (χ0n) is 9.90. The first-order chi connectivity index (χ1) is 7.41. The zero-order valence-corrected chi connectivity index (χ0v) is 9.90. The molecule has 0 saturated heterocycles. The van der Waals surface area contributed by atoms with Crippen LogP contribution in [0.15, 0.2) is 18.2 Å². The molecule has 1 rings (SSSR count). The Morgan fingerprint density at radius 2 is 1.88 bits per heavy atom. The summed E-state index contributed by atoms with van der Waals surface area (Å²) >= 11 is 0. The van der Waals surface area contributed by atoms with Crippen molar-refractivity contribution in [2.24, 2.45) is 11.8 Å². The number of phenols is 2. The zero-order chi connectivity index (χ0) is 12.3. The van der Waals surface area contributed by atoms with Gasteiger partial charge in [-0.1, -0.05) is 20.8 Å². The first-order valence-electron chi connectivity index (χ1n) is 5.47. The Kier molecular flexibility index (Phi) is 3.93. The van der Waals surface area contributed by atoms with Crippen LogP contribution in [0.3, 0.4) is 0 Å². The first kappa shape index (κ1) is 12.6. The van der Waals surface area contributed by atoms with Crippen molar-refractivity contribution in [1.29, 1.82) is 0 Å². The van der Waals surface area contributed by atoms with Gasteiger partial charge in [0.2, 0.25) is 0 Å². The van der Waals surface area contributed by atoms with E-state index in [1.807, 2.05) is 6.92 Å². The predicted molar refractivity (Wildman–Crippen MR) is 62.7 cm³/mol. The number of aromatic hydroxyl groups is 2.